The van der Waals surface area contributed by atoms with Crippen LogP contribution in [-0.4, -0.2) is 36.6 Å². The zero-order valence-corrected chi connectivity index (χ0v) is 13.0. The molecular formula is C17H26N2O2. The Balaban J connectivity index is 1.82. The highest BCUT2D eigenvalue weighted by Crippen LogP contribution is 2.19. The molecule has 0 aromatic heterocycles. The third-order valence-electron chi connectivity index (χ3n) is 3.93. The maximum Gasteiger partial charge on any atom is 0.244 e. The van der Waals surface area contributed by atoms with Crippen molar-refractivity contribution in [2.75, 3.05) is 19.7 Å². The lowest BCUT2D eigenvalue weighted by Gasteiger charge is -2.21. The number of carbonyl (C=O) groups is 1. The summed E-state index contributed by atoms with van der Waals surface area (Å²) in [6.45, 7) is 6.55. The third-order valence-corrected chi connectivity index (χ3v) is 3.93. The van der Waals surface area contributed by atoms with E-state index in [1.807, 2.05) is 35.2 Å². The van der Waals surface area contributed by atoms with Crippen molar-refractivity contribution >= 4 is 5.91 Å². The van der Waals surface area contributed by atoms with E-state index in [-0.39, 0.29) is 12.0 Å². The van der Waals surface area contributed by atoms with E-state index in [0.717, 1.165) is 31.6 Å². The van der Waals surface area contributed by atoms with Gasteiger partial charge in [0.2, 0.25) is 5.91 Å². The van der Waals surface area contributed by atoms with E-state index >= 15 is 0 Å². The smallest absolute Gasteiger partial charge is 0.244 e. The molecule has 2 N–H and O–H groups in total. The Morgan fingerprint density at radius 3 is 2.76 bits per heavy atom. The minimum Gasteiger partial charge on any atom is -0.376 e. The summed E-state index contributed by atoms with van der Waals surface area (Å²) in [6.07, 6.45) is 2.13. The van der Waals surface area contributed by atoms with Crippen molar-refractivity contribution in [1.82, 2.24) is 4.90 Å². The van der Waals surface area contributed by atoms with Gasteiger partial charge in [0, 0.05) is 19.7 Å². The van der Waals surface area contributed by atoms with Crippen LogP contribution in [0.4, 0.5) is 0 Å². The Morgan fingerprint density at radius 1 is 1.38 bits per heavy atom. The van der Waals surface area contributed by atoms with Crippen LogP contribution in [-0.2, 0) is 9.53 Å². The van der Waals surface area contributed by atoms with E-state index in [2.05, 4.69) is 13.8 Å². The minimum absolute atomic E-state index is 0.00356. The van der Waals surface area contributed by atoms with E-state index in [1.54, 1.807) is 0 Å². The van der Waals surface area contributed by atoms with Crippen molar-refractivity contribution in [2.24, 2.45) is 11.7 Å². The van der Waals surface area contributed by atoms with Gasteiger partial charge in [0.25, 0.3) is 0 Å². The molecule has 21 heavy (non-hydrogen) atoms. The number of benzene rings is 1. The fraction of sp³-hybridized carbons (Fsp3) is 0.588. The SMILES string of the molecule is CC(C)CCO[C@@H]1CCN(C(=O)[C@H](N)c2ccccc2)C1. The van der Waals surface area contributed by atoms with Crippen LogP contribution >= 0.6 is 0 Å². The Labute approximate surface area is 127 Å². The molecule has 1 amide bonds. The van der Waals surface area contributed by atoms with Crippen LogP contribution in [0, 0.1) is 5.92 Å². The number of rotatable bonds is 6. The maximum absolute atomic E-state index is 12.4. The number of hydrogen-bond acceptors (Lipinski definition) is 3. The predicted molar refractivity (Wildman–Crippen MR) is 83.8 cm³/mol. The largest absolute Gasteiger partial charge is 0.376 e. The molecule has 2 rings (SSSR count). The van der Waals surface area contributed by atoms with Gasteiger partial charge in [0.15, 0.2) is 0 Å². The molecule has 1 aliphatic heterocycles. The molecular weight excluding hydrogens is 264 g/mol. The van der Waals surface area contributed by atoms with Gasteiger partial charge in [0.1, 0.15) is 6.04 Å². The first-order valence-corrected chi connectivity index (χ1v) is 7.79. The van der Waals surface area contributed by atoms with E-state index in [9.17, 15) is 4.79 Å². The minimum atomic E-state index is -0.569. The summed E-state index contributed by atoms with van der Waals surface area (Å²) in [6, 6.07) is 8.97. The second kappa shape index (κ2) is 7.57. The average molecular weight is 290 g/mol. The lowest BCUT2D eigenvalue weighted by Crippen LogP contribution is -2.37. The van der Waals surface area contributed by atoms with Crippen LogP contribution in [0.25, 0.3) is 0 Å². The van der Waals surface area contributed by atoms with E-state index in [4.69, 9.17) is 10.5 Å². The topological polar surface area (TPSA) is 55.6 Å². The molecule has 4 nitrogen and oxygen atoms in total. The standard InChI is InChI=1S/C17H26N2O2/c1-13(2)9-11-21-15-8-10-19(12-15)17(20)16(18)14-6-4-3-5-7-14/h3-7,13,15-16H,8-12,18H2,1-2H3/t15-,16-/m1/s1. The Morgan fingerprint density at radius 2 is 2.10 bits per heavy atom. The van der Waals surface area contributed by atoms with Gasteiger partial charge in [-0.1, -0.05) is 44.2 Å². The predicted octanol–water partition coefficient (Wildman–Crippen LogP) is 2.35. The molecule has 0 saturated carbocycles. The van der Waals surface area contributed by atoms with Crippen LogP contribution in [0.15, 0.2) is 30.3 Å². The van der Waals surface area contributed by atoms with Crippen LogP contribution in [0.1, 0.15) is 38.3 Å². The summed E-state index contributed by atoms with van der Waals surface area (Å²) in [7, 11) is 0. The number of likely N-dealkylation sites (tertiary alicyclic amines) is 1. The molecule has 0 bridgehead atoms. The van der Waals surface area contributed by atoms with Gasteiger partial charge in [-0.3, -0.25) is 4.79 Å². The molecule has 1 aromatic carbocycles. The van der Waals surface area contributed by atoms with Crippen molar-refractivity contribution in [2.45, 2.75) is 38.8 Å². The maximum atomic E-state index is 12.4. The van der Waals surface area contributed by atoms with Gasteiger partial charge in [-0.2, -0.15) is 0 Å². The average Bonchev–Trinajstić information content (AvgIpc) is 2.95. The highest BCUT2D eigenvalue weighted by Gasteiger charge is 2.30. The van der Waals surface area contributed by atoms with Gasteiger partial charge >= 0.3 is 0 Å². The number of amides is 1. The molecule has 2 atom stereocenters. The summed E-state index contributed by atoms with van der Waals surface area (Å²) >= 11 is 0. The molecule has 1 saturated heterocycles. The lowest BCUT2D eigenvalue weighted by molar-refractivity contribution is -0.132. The molecule has 1 aliphatic rings. The molecule has 1 fully saturated rings. The Kier molecular flexibility index (Phi) is 5.76. The van der Waals surface area contributed by atoms with Gasteiger partial charge in [-0.05, 0) is 24.3 Å². The first-order valence-electron chi connectivity index (χ1n) is 7.79. The number of hydrogen-bond donors (Lipinski definition) is 1. The van der Waals surface area contributed by atoms with Crippen molar-refractivity contribution < 1.29 is 9.53 Å². The van der Waals surface area contributed by atoms with E-state index in [0.29, 0.717) is 12.5 Å². The van der Waals surface area contributed by atoms with Crippen LogP contribution in [0.2, 0.25) is 0 Å². The summed E-state index contributed by atoms with van der Waals surface area (Å²) in [5, 5.41) is 0. The highest BCUT2D eigenvalue weighted by molar-refractivity contribution is 5.83. The van der Waals surface area contributed by atoms with E-state index < -0.39 is 6.04 Å². The van der Waals surface area contributed by atoms with Crippen LogP contribution < -0.4 is 5.73 Å². The van der Waals surface area contributed by atoms with Gasteiger partial charge in [-0.15, -0.1) is 0 Å². The zero-order valence-electron chi connectivity index (χ0n) is 13.0. The molecule has 1 heterocycles. The lowest BCUT2D eigenvalue weighted by atomic mass is 10.1. The fourth-order valence-corrected chi connectivity index (χ4v) is 2.53. The molecule has 1 aromatic rings. The van der Waals surface area contributed by atoms with Crippen LogP contribution in [0.5, 0.6) is 0 Å². The molecule has 0 unspecified atom stereocenters. The van der Waals surface area contributed by atoms with Crippen LogP contribution in [0.3, 0.4) is 0 Å². The first kappa shape index (κ1) is 16.0. The van der Waals surface area contributed by atoms with Gasteiger partial charge in [0.05, 0.1) is 6.10 Å². The summed E-state index contributed by atoms with van der Waals surface area (Å²) in [5.41, 5.74) is 6.94. The Bertz CT molecular complexity index is 447. The van der Waals surface area contributed by atoms with E-state index in [1.165, 1.54) is 0 Å². The summed E-state index contributed by atoms with van der Waals surface area (Å²) in [4.78, 5) is 14.2. The van der Waals surface area contributed by atoms with Crippen molar-refractivity contribution in [1.29, 1.82) is 0 Å². The summed E-state index contributed by atoms with van der Waals surface area (Å²) in [5.74, 6) is 0.645. The van der Waals surface area contributed by atoms with Gasteiger partial charge < -0.3 is 15.4 Å². The first-order chi connectivity index (χ1) is 10.1. The molecule has 4 heteroatoms. The zero-order chi connectivity index (χ0) is 15.2. The normalized spacial score (nSPS) is 20.0. The van der Waals surface area contributed by atoms with Crippen molar-refractivity contribution in [3.63, 3.8) is 0 Å². The quantitative estimate of drug-likeness (QED) is 0.875. The van der Waals surface area contributed by atoms with Crippen molar-refractivity contribution in [3.8, 4) is 0 Å². The molecule has 0 spiro atoms. The second-order valence-corrected chi connectivity index (χ2v) is 6.14. The molecule has 0 aliphatic carbocycles. The number of ether oxygens (including phenoxy) is 1. The molecule has 116 valence electrons. The number of nitrogens with zero attached hydrogens (tertiary/aromatic N) is 1. The monoisotopic (exact) mass is 290 g/mol. The number of nitrogens with two attached hydrogens (primary N) is 1. The highest BCUT2D eigenvalue weighted by atomic mass is 16.5. The van der Waals surface area contributed by atoms with Gasteiger partial charge in [-0.25, -0.2) is 0 Å². The second-order valence-electron chi connectivity index (χ2n) is 6.14. The molecule has 0 radical (unpaired) electrons. The third kappa shape index (κ3) is 4.55. The van der Waals surface area contributed by atoms with Crippen molar-refractivity contribution in [3.05, 3.63) is 35.9 Å². The Hall–Kier alpha value is -1.39. The summed E-state index contributed by atoms with van der Waals surface area (Å²) < 4.78 is 5.84. The fourth-order valence-electron chi connectivity index (χ4n) is 2.53. The number of carbonyl (C=O) groups excluding carboxylic acids is 1.